The third-order valence-corrected chi connectivity index (χ3v) is 3.46. The second-order valence-corrected chi connectivity index (χ2v) is 4.82. The molecule has 2 heterocycles. The molecule has 4 nitrogen and oxygen atoms in total. The van der Waals surface area contributed by atoms with Gasteiger partial charge in [-0.05, 0) is 30.3 Å². The van der Waals surface area contributed by atoms with Crippen molar-refractivity contribution >= 4 is 22.5 Å². The maximum absolute atomic E-state index is 6.05. The first-order valence-electron chi connectivity index (χ1n) is 6.22. The van der Waals surface area contributed by atoms with Gasteiger partial charge in [-0.25, -0.2) is 4.98 Å². The van der Waals surface area contributed by atoms with Crippen LogP contribution in [0.4, 0.5) is 0 Å². The first kappa shape index (κ1) is 12.8. The molecule has 0 saturated heterocycles. The van der Waals surface area contributed by atoms with Gasteiger partial charge in [0, 0.05) is 35.3 Å². The van der Waals surface area contributed by atoms with Crippen molar-refractivity contribution in [3.05, 3.63) is 47.6 Å². The Bertz CT molecular complexity index is 750. The SMILES string of the molecule is CNn1c(-c2ccc(OC)nc2)cc2cc(Cl)ccc21. The summed E-state index contributed by atoms with van der Waals surface area (Å²) in [5.41, 5.74) is 6.29. The van der Waals surface area contributed by atoms with E-state index in [9.17, 15) is 0 Å². The molecule has 5 heteroatoms. The summed E-state index contributed by atoms with van der Waals surface area (Å²) in [7, 11) is 3.49. The minimum atomic E-state index is 0.601. The van der Waals surface area contributed by atoms with Crippen LogP contribution in [0.3, 0.4) is 0 Å². The number of nitrogens with one attached hydrogen (secondary N) is 1. The average Bonchev–Trinajstić information content (AvgIpc) is 2.84. The highest BCUT2D eigenvalue weighted by molar-refractivity contribution is 6.31. The van der Waals surface area contributed by atoms with Gasteiger partial charge in [-0.1, -0.05) is 11.6 Å². The summed E-state index contributed by atoms with van der Waals surface area (Å²) in [6, 6.07) is 11.7. The molecule has 0 amide bonds. The number of hydrogen-bond acceptors (Lipinski definition) is 3. The summed E-state index contributed by atoms with van der Waals surface area (Å²) < 4.78 is 7.09. The third kappa shape index (κ3) is 2.08. The van der Waals surface area contributed by atoms with Gasteiger partial charge >= 0.3 is 0 Å². The van der Waals surface area contributed by atoms with Crippen LogP contribution >= 0.6 is 11.6 Å². The highest BCUT2D eigenvalue weighted by atomic mass is 35.5. The largest absolute Gasteiger partial charge is 0.481 e. The van der Waals surface area contributed by atoms with Crippen molar-refractivity contribution in [3.8, 4) is 17.1 Å². The Balaban J connectivity index is 2.18. The van der Waals surface area contributed by atoms with Crippen molar-refractivity contribution in [2.75, 3.05) is 19.6 Å². The molecule has 0 aliphatic heterocycles. The quantitative estimate of drug-likeness (QED) is 0.801. The Kier molecular flexibility index (Phi) is 3.24. The zero-order valence-corrected chi connectivity index (χ0v) is 12.0. The molecular formula is C15H14ClN3O. The molecule has 0 saturated carbocycles. The number of nitrogens with zero attached hydrogens (tertiary/aromatic N) is 2. The summed E-state index contributed by atoms with van der Waals surface area (Å²) >= 11 is 6.05. The molecule has 0 fully saturated rings. The molecule has 0 unspecified atom stereocenters. The predicted molar refractivity (Wildman–Crippen MR) is 82.0 cm³/mol. The Hall–Kier alpha value is -2.20. The predicted octanol–water partition coefficient (Wildman–Crippen LogP) is 3.54. The van der Waals surface area contributed by atoms with E-state index in [1.54, 1.807) is 13.3 Å². The Morgan fingerprint density at radius 2 is 2.05 bits per heavy atom. The molecule has 0 spiro atoms. The molecule has 1 N–H and O–H groups in total. The number of fused-ring (bicyclic) bond motifs is 1. The molecule has 0 bridgehead atoms. The van der Waals surface area contributed by atoms with E-state index in [-0.39, 0.29) is 0 Å². The van der Waals surface area contributed by atoms with E-state index in [0.29, 0.717) is 5.88 Å². The summed E-state index contributed by atoms with van der Waals surface area (Å²) in [5.74, 6) is 0.601. The average molecular weight is 288 g/mol. The second-order valence-electron chi connectivity index (χ2n) is 4.38. The minimum Gasteiger partial charge on any atom is -0.481 e. The van der Waals surface area contributed by atoms with E-state index >= 15 is 0 Å². The van der Waals surface area contributed by atoms with Crippen LogP contribution in [0.1, 0.15) is 0 Å². The topological polar surface area (TPSA) is 39.1 Å². The van der Waals surface area contributed by atoms with E-state index in [1.165, 1.54) is 0 Å². The van der Waals surface area contributed by atoms with Gasteiger partial charge in [-0.3, -0.25) is 4.68 Å². The van der Waals surface area contributed by atoms with Crippen LogP contribution < -0.4 is 10.2 Å². The van der Waals surface area contributed by atoms with E-state index in [0.717, 1.165) is 27.2 Å². The van der Waals surface area contributed by atoms with Gasteiger partial charge < -0.3 is 10.2 Å². The maximum Gasteiger partial charge on any atom is 0.212 e. The number of methoxy groups -OCH3 is 1. The van der Waals surface area contributed by atoms with Crippen LogP contribution in [0.5, 0.6) is 5.88 Å². The van der Waals surface area contributed by atoms with Crippen molar-refractivity contribution in [3.63, 3.8) is 0 Å². The van der Waals surface area contributed by atoms with Gasteiger partial charge in [0.1, 0.15) is 0 Å². The summed E-state index contributed by atoms with van der Waals surface area (Å²) in [6.45, 7) is 0. The van der Waals surface area contributed by atoms with Crippen LogP contribution in [-0.4, -0.2) is 23.8 Å². The molecule has 0 radical (unpaired) electrons. The van der Waals surface area contributed by atoms with Gasteiger partial charge in [0.15, 0.2) is 0 Å². The normalized spacial score (nSPS) is 10.8. The van der Waals surface area contributed by atoms with Gasteiger partial charge in [0.2, 0.25) is 5.88 Å². The zero-order chi connectivity index (χ0) is 14.1. The van der Waals surface area contributed by atoms with E-state index < -0.39 is 0 Å². The molecule has 3 aromatic rings. The number of hydrogen-bond donors (Lipinski definition) is 1. The number of aromatic nitrogens is 2. The molecule has 3 rings (SSSR count). The molecule has 1 aromatic carbocycles. The lowest BCUT2D eigenvalue weighted by atomic mass is 10.2. The van der Waals surface area contributed by atoms with Crippen molar-refractivity contribution in [2.45, 2.75) is 0 Å². The van der Waals surface area contributed by atoms with Gasteiger partial charge in [-0.2, -0.15) is 0 Å². The van der Waals surface area contributed by atoms with E-state index in [4.69, 9.17) is 16.3 Å². The number of rotatable bonds is 3. The number of halogens is 1. The Morgan fingerprint density at radius 3 is 2.70 bits per heavy atom. The minimum absolute atomic E-state index is 0.601. The lowest BCUT2D eigenvalue weighted by Gasteiger charge is -2.09. The van der Waals surface area contributed by atoms with Crippen LogP contribution in [-0.2, 0) is 0 Å². The molecule has 2 aromatic heterocycles. The van der Waals surface area contributed by atoms with Crippen molar-refractivity contribution < 1.29 is 4.74 Å². The monoisotopic (exact) mass is 287 g/mol. The molecule has 102 valence electrons. The lowest BCUT2D eigenvalue weighted by molar-refractivity contribution is 0.398. The zero-order valence-electron chi connectivity index (χ0n) is 11.2. The molecule has 0 atom stereocenters. The number of pyridine rings is 1. The third-order valence-electron chi connectivity index (χ3n) is 3.23. The molecular weight excluding hydrogens is 274 g/mol. The Morgan fingerprint density at radius 1 is 1.20 bits per heavy atom. The van der Waals surface area contributed by atoms with Crippen LogP contribution in [0.2, 0.25) is 5.02 Å². The summed E-state index contributed by atoms with van der Waals surface area (Å²) in [6.07, 6.45) is 1.79. The highest BCUT2D eigenvalue weighted by Gasteiger charge is 2.10. The number of ether oxygens (including phenoxy) is 1. The number of benzene rings is 1. The van der Waals surface area contributed by atoms with E-state index in [2.05, 4.69) is 16.5 Å². The lowest BCUT2D eigenvalue weighted by Crippen LogP contribution is -2.09. The van der Waals surface area contributed by atoms with Gasteiger partial charge in [0.05, 0.1) is 18.3 Å². The Labute approximate surface area is 121 Å². The van der Waals surface area contributed by atoms with Gasteiger partial charge in [0.25, 0.3) is 0 Å². The molecule has 20 heavy (non-hydrogen) atoms. The fourth-order valence-corrected chi connectivity index (χ4v) is 2.47. The second kappa shape index (κ2) is 5.06. The van der Waals surface area contributed by atoms with Crippen molar-refractivity contribution in [1.29, 1.82) is 0 Å². The van der Waals surface area contributed by atoms with Crippen molar-refractivity contribution in [1.82, 2.24) is 9.66 Å². The molecule has 0 aliphatic rings. The van der Waals surface area contributed by atoms with Crippen LogP contribution in [0, 0.1) is 0 Å². The van der Waals surface area contributed by atoms with E-state index in [1.807, 2.05) is 42.1 Å². The fraction of sp³-hybridized carbons (Fsp3) is 0.133. The maximum atomic E-state index is 6.05. The van der Waals surface area contributed by atoms with Crippen LogP contribution in [0.25, 0.3) is 22.2 Å². The molecule has 0 aliphatic carbocycles. The van der Waals surface area contributed by atoms with Gasteiger partial charge in [-0.15, -0.1) is 0 Å². The first-order valence-corrected chi connectivity index (χ1v) is 6.60. The smallest absolute Gasteiger partial charge is 0.212 e. The van der Waals surface area contributed by atoms with Crippen LogP contribution in [0.15, 0.2) is 42.6 Å². The highest BCUT2D eigenvalue weighted by Crippen LogP contribution is 2.29. The summed E-state index contributed by atoms with van der Waals surface area (Å²) in [4.78, 5) is 4.25. The standard InChI is InChI=1S/C15H14ClN3O/c1-17-19-13-5-4-12(16)7-11(13)8-14(19)10-3-6-15(20-2)18-9-10/h3-9,17H,1-2H3. The fourth-order valence-electron chi connectivity index (χ4n) is 2.29. The first-order chi connectivity index (χ1) is 9.72. The summed E-state index contributed by atoms with van der Waals surface area (Å²) in [5, 5.41) is 1.81. The van der Waals surface area contributed by atoms with Crippen molar-refractivity contribution in [2.24, 2.45) is 0 Å².